The van der Waals surface area contributed by atoms with Crippen LogP contribution in [0, 0.1) is 0 Å². The van der Waals surface area contributed by atoms with Gasteiger partial charge in [-0.25, -0.2) is 0 Å². The summed E-state index contributed by atoms with van der Waals surface area (Å²) in [7, 11) is 3.06. The van der Waals surface area contributed by atoms with E-state index in [1.165, 1.54) is 7.11 Å². The molecular weight excluding hydrogens is 238 g/mol. The molecule has 0 aromatic rings. The molecule has 0 radical (unpaired) electrons. The second-order valence-electron chi connectivity index (χ2n) is 4.47. The molecule has 0 spiro atoms. The average Bonchev–Trinajstić information content (AvgIpc) is 2.72. The molecule has 0 saturated carbocycles. The van der Waals surface area contributed by atoms with Crippen molar-refractivity contribution in [1.82, 2.24) is 4.90 Å². The first-order valence-electron chi connectivity index (χ1n) is 6.11. The highest BCUT2D eigenvalue weighted by Gasteiger charge is 2.38. The van der Waals surface area contributed by atoms with E-state index in [0.29, 0.717) is 19.4 Å². The number of methoxy groups -OCH3 is 2. The third-order valence-electron chi connectivity index (χ3n) is 3.33. The van der Waals surface area contributed by atoms with Crippen LogP contribution in [0.25, 0.3) is 0 Å². The lowest BCUT2D eigenvalue weighted by Crippen LogP contribution is -2.43. The lowest BCUT2D eigenvalue weighted by Gasteiger charge is -2.26. The number of carbonyl (C=O) groups is 2. The van der Waals surface area contributed by atoms with E-state index in [9.17, 15) is 9.59 Å². The lowest BCUT2D eigenvalue weighted by molar-refractivity contribution is -0.145. The zero-order valence-corrected chi connectivity index (χ0v) is 11.1. The Balaban J connectivity index is 2.75. The van der Waals surface area contributed by atoms with Gasteiger partial charge in [-0.2, -0.15) is 0 Å². The van der Waals surface area contributed by atoms with Gasteiger partial charge in [0.25, 0.3) is 5.91 Å². The predicted molar refractivity (Wildman–Crippen MR) is 64.3 cm³/mol. The molecule has 1 aliphatic heterocycles. The maximum Gasteiger partial charge on any atom is 0.305 e. The first kappa shape index (κ1) is 14.9. The summed E-state index contributed by atoms with van der Waals surface area (Å²) in [5.41, 5.74) is 0. The number of hydrogen-bond donors (Lipinski definition) is 1. The van der Waals surface area contributed by atoms with Crippen LogP contribution in [0.2, 0.25) is 0 Å². The second kappa shape index (κ2) is 6.70. The van der Waals surface area contributed by atoms with Gasteiger partial charge in [-0.05, 0) is 12.8 Å². The molecule has 3 unspecified atom stereocenters. The van der Waals surface area contributed by atoms with E-state index in [2.05, 4.69) is 0 Å². The lowest BCUT2D eigenvalue weighted by atomic mass is 10.1. The van der Waals surface area contributed by atoms with Crippen molar-refractivity contribution < 1.29 is 24.2 Å². The van der Waals surface area contributed by atoms with Crippen LogP contribution >= 0.6 is 0 Å². The van der Waals surface area contributed by atoms with Crippen LogP contribution in [0.1, 0.15) is 26.2 Å². The van der Waals surface area contributed by atoms with Crippen molar-refractivity contribution in [2.75, 3.05) is 20.8 Å². The first-order chi connectivity index (χ1) is 8.53. The molecule has 1 aliphatic rings. The molecule has 6 nitrogen and oxygen atoms in total. The SMILES string of the molecule is CCC(OC)C(=O)N1CC(OC)CC1CC(=O)O. The number of hydrogen-bond acceptors (Lipinski definition) is 4. The summed E-state index contributed by atoms with van der Waals surface area (Å²) in [5, 5.41) is 8.88. The number of carboxylic acid groups (broad SMARTS) is 1. The molecule has 1 rings (SSSR count). The van der Waals surface area contributed by atoms with Gasteiger partial charge in [0.05, 0.1) is 12.5 Å². The Morgan fingerprint density at radius 1 is 1.44 bits per heavy atom. The van der Waals surface area contributed by atoms with E-state index in [1.54, 1.807) is 12.0 Å². The molecular formula is C12H21NO5. The van der Waals surface area contributed by atoms with Crippen LogP contribution in [-0.2, 0) is 19.1 Å². The molecule has 6 heteroatoms. The van der Waals surface area contributed by atoms with Crippen molar-refractivity contribution in [2.24, 2.45) is 0 Å². The quantitative estimate of drug-likeness (QED) is 0.751. The van der Waals surface area contributed by atoms with Crippen LogP contribution < -0.4 is 0 Å². The maximum absolute atomic E-state index is 12.2. The molecule has 1 fully saturated rings. The summed E-state index contributed by atoms with van der Waals surface area (Å²) >= 11 is 0. The van der Waals surface area contributed by atoms with Gasteiger partial charge in [0.1, 0.15) is 6.10 Å². The minimum atomic E-state index is -0.903. The number of aliphatic carboxylic acids is 1. The molecule has 1 heterocycles. The largest absolute Gasteiger partial charge is 0.481 e. The molecule has 0 bridgehead atoms. The van der Waals surface area contributed by atoms with E-state index in [0.717, 1.165) is 0 Å². The molecule has 1 amide bonds. The molecule has 0 aliphatic carbocycles. The van der Waals surface area contributed by atoms with E-state index >= 15 is 0 Å². The van der Waals surface area contributed by atoms with Crippen molar-refractivity contribution >= 4 is 11.9 Å². The summed E-state index contributed by atoms with van der Waals surface area (Å²) in [6, 6.07) is -0.302. The Morgan fingerprint density at radius 3 is 2.56 bits per heavy atom. The van der Waals surface area contributed by atoms with E-state index in [-0.39, 0.29) is 24.5 Å². The minimum absolute atomic E-state index is 0.0499. The number of likely N-dealkylation sites (tertiary alicyclic amines) is 1. The Morgan fingerprint density at radius 2 is 2.11 bits per heavy atom. The van der Waals surface area contributed by atoms with Gasteiger partial charge in [0.15, 0.2) is 0 Å². The minimum Gasteiger partial charge on any atom is -0.481 e. The van der Waals surface area contributed by atoms with Crippen molar-refractivity contribution in [3.05, 3.63) is 0 Å². The van der Waals surface area contributed by atoms with Crippen molar-refractivity contribution in [3.63, 3.8) is 0 Å². The normalized spacial score (nSPS) is 25.2. The van der Waals surface area contributed by atoms with E-state index < -0.39 is 12.1 Å². The van der Waals surface area contributed by atoms with Crippen molar-refractivity contribution in [2.45, 2.75) is 44.4 Å². The van der Waals surface area contributed by atoms with Gasteiger partial charge in [0, 0.05) is 26.8 Å². The van der Waals surface area contributed by atoms with Gasteiger partial charge in [0.2, 0.25) is 0 Å². The van der Waals surface area contributed by atoms with Gasteiger partial charge in [-0.3, -0.25) is 9.59 Å². The maximum atomic E-state index is 12.2. The fourth-order valence-corrected chi connectivity index (χ4v) is 2.34. The van der Waals surface area contributed by atoms with Crippen LogP contribution in [0.3, 0.4) is 0 Å². The summed E-state index contributed by atoms with van der Waals surface area (Å²) in [5.74, 6) is -1.05. The molecule has 0 aromatic carbocycles. The van der Waals surface area contributed by atoms with Crippen molar-refractivity contribution in [3.8, 4) is 0 Å². The second-order valence-corrected chi connectivity index (χ2v) is 4.47. The molecule has 1 N–H and O–H groups in total. The van der Waals surface area contributed by atoms with E-state index in [4.69, 9.17) is 14.6 Å². The zero-order chi connectivity index (χ0) is 13.7. The standard InChI is InChI=1S/C12H21NO5/c1-4-10(18-3)12(16)13-7-9(17-2)5-8(13)6-11(14)15/h8-10H,4-7H2,1-3H3,(H,14,15). The summed E-state index contributed by atoms with van der Waals surface area (Å²) in [4.78, 5) is 24.6. The summed E-state index contributed by atoms with van der Waals surface area (Å²) in [6.07, 6.45) is 0.494. The molecule has 3 atom stereocenters. The third-order valence-corrected chi connectivity index (χ3v) is 3.33. The van der Waals surface area contributed by atoms with Gasteiger partial charge < -0.3 is 19.5 Å². The van der Waals surface area contributed by atoms with E-state index in [1.807, 2.05) is 6.92 Å². The Labute approximate surface area is 107 Å². The highest BCUT2D eigenvalue weighted by atomic mass is 16.5. The number of carboxylic acids is 1. The third kappa shape index (κ3) is 3.43. The van der Waals surface area contributed by atoms with Gasteiger partial charge >= 0.3 is 5.97 Å². The summed E-state index contributed by atoms with van der Waals surface area (Å²) < 4.78 is 10.3. The Bertz CT molecular complexity index is 303. The molecule has 104 valence electrons. The zero-order valence-electron chi connectivity index (χ0n) is 11.1. The fraction of sp³-hybridized carbons (Fsp3) is 0.833. The fourth-order valence-electron chi connectivity index (χ4n) is 2.34. The highest BCUT2D eigenvalue weighted by Crippen LogP contribution is 2.24. The van der Waals surface area contributed by atoms with Crippen LogP contribution in [-0.4, -0.2) is 60.9 Å². The number of rotatable bonds is 6. The Hall–Kier alpha value is -1.14. The monoisotopic (exact) mass is 259 g/mol. The van der Waals surface area contributed by atoms with Crippen LogP contribution in [0.15, 0.2) is 0 Å². The Kier molecular flexibility index (Phi) is 5.55. The molecule has 0 aromatic heterocycles. The number of nitrogens with zero attached hydrogens (tertiary/aromatic N) is 1. The molecule has 18 heavy (non-hydrogen) atoms. The highest BCUT2D eigenvalue weighted by molar-refractivity contribution is 5.82. The van der Waals surface area contributed by atoms with Gasteiger partial charge in [-0.1, -0.05) is 6.92 Å². The first-order valence-corrected chi connectivity index (χ1v) is 6.11. The number of amides is 1. The molecule has 1 saturated heterocycles. The topological polar surface area (TPSA) is 76.1 Å². The van der Waals surface area contributed by atoms with Crippen LogP contribution in [0.5, 0.6) is 0 Å². The van der Waals surface area contributed by atoms with Crippen molar-refractivity contribution in [1.29, 1.82) is 0 Å². The van der Waals surface area contributed by atoms with Crippen LogP contribution in [0.4, 0.5) is 0 Å². The van der Waals surface area contributed by atoms with Gasteiger partial charge in [-0.15, -0.1) is 0 Å². The smallest absolute Gasteiger partial charge is 0.305 e. The number of ether oxygens (including phenoxy) is 2. The average molecular weight is 259 g/mol. The predicted octanol–water partition coefficient (Wildman–Crippen LogP) is 0.502. The summed E-state index contributed by atoms with van der Waals surface area (Å²) in [6.45, 7) is 2.30. The number of carbonyl (C=O) groups excluding carboxylic acids is 1.